The lowest BCUT2D eigenvalue weighted by molar-refractivity contribution is -0.660. The van der Waals surface area contributed by atoms with Gasteiger partial charge in [-0.1, -0.05) is 16.8 Å². The summed E-state index contributed by atoms with van der Waals surface area (Å²) in [7, 11) is 1.87. The number of hydrogen-bond donors (Lipinski definition) is 0. The van der Waals surface area contributed by atoms with Crippen LogP contribution in [0.3, 0.4) is 0 Å². The summed E-state index contributed by atoms with van der Waals surface area (Å²) in [6.07, 6.45) is 0. The summed E-state index contributed by atoms with van der Waals surface area (Å²) < 4.78 is 31.2. The van der Waals surface area contributed by atoms with E-state index in [-0.39, 0.29) is 0 Å². The summed E-state index contributed by atoms with van der Waals surface area (Å²) >= 11 is 0. The van der Waals surface area contributed by atoms with Crippen molar-refractivity contribution in [3.63, 3.8) is 0 Å². The highest BCUT2D eigenvalue weighted by Crippen LogP contribution is 2.21. The van der Waals surface area contributed by atoms with Gasteiger partial charge < -0.3 is 0 Å². The van der Waals surface area contributed by atoms with Crippen LogP contribution < -0.4 is 4.68 Å². The number of hydrogen-bond acceptors (Lipinski definition) is 0. The summed E-state index contributed by atoms with van der Waals surface area (Å²) in [6, 6.07) is 10.1. The molecule has 102 valence electrons. The van der Waals surface area contributed by atoms with E-state index >= 15 is 0 Å². The van der Waals surface area contributed by atoms with Crippen LogP contribution in [0.15, 0.2) is 36.4 Å². The van der Waals surface area contributed by atoms with Gasteiger partial charge in [-0.05, 0) is 26.0 Å². The largest absolute Gasteiger partial charge is 0.274 e. The van der Waals surface area contributed by atoms with Crippen molar-refractivity contribution in [2.24, 2.45) is 7.05 Å². The molecule has 0 radical (unpaired) electrons. The molecule has 1 heterocycles. The lowest BCUT2D eigenvalue weighted by Crippen LogP contribution is -2.41. The minimum absolute atomic E-state index is 0.387. The molecule has 1 aromatic heterocycles. The van der Waals surface area contributed by atoms with Crippen LogP contribution in [0.1, 0.15) is 11.3 Å². The Morgan fingerprint density at radius 1 is 1.05 bits per heavy atom. The Bertz CT molecular complexity index is 796. The molecule has 2 aromatic carbocycles. The fraction of sp³-hybridized carbons (Fsp3) is 0.188. The molecule has 0 unspecified atom stereocenters. The van der Waals surface area contributed by atoms with E-state index in [9.17, 15) is 8.78 Å². The van der Waals surface area contributed by atoms with E-state index in [0.29, 0.717) is 11.3 Å². The van der Waals surface area contributed by atoms with Gasteiger partial charge in [0, 0.05) is 17.7 Å². The second-order valence-electron chi connectivity index (χ2n) is 4.99. The Hall–Kier alpha value is -2.23. The van der Waals surface area contributed by atoms with Crippen molar-refractivity contribution in [2.45, 2.75) is 13.8 Å². The molecular weight excluding hydrogens is 258 g/mol. The SMILES string of the molecule is Cc1cc(F)cc(F)c1-[n+]1c2ccccc2c(C)n1C. The predicted molar refractivity (Wildman–Crippen MR) is 73.8 cm³/mol. The molecule has 0 amide bonds. The molecule has 0 spiro atoms. The van der Waals surface area contributed by atoms with Gasteiger partial charge in [0.2, 0.25) is 11.3 Å². The first-order valence-electron chi connectivity index (χ1n) is 6.43. The lowest BCUT2D eigenvalue weighted by atomic mass is 10.1. The minimum atomic E-state index is -0.557. The normalized spacial score (nSPS) is 11.2. The molecule has 3 rings (SSSR count). The van der Waals surface area contributed by atoms with Gasteiger partial charge in [-0.25, -0.2) is 4.39 Å². The van der Waals surface area contributed by atoms with E-state index in [1.807, 2.05) is 42.9 Å². The Morgan fingerprint density at radius 3 is 2.45 bits per heavy atom. The fourth-order valence-corrected chi connectivity index (χ4v) is 2.68. The fourth-order valence-electron chi connectivity index (χ4n) is 2.68. The van der Waals surface area contributed by atoms with Gasteiger partial charge in [0.15, 0.2) is 0 Å². The van der Waals surface area contributed by atoms with E-state index in [0.717, 1.165) is 22.7 Å². The maximum atomic E-state index is 14.2. The molecule has 0 N–H and O–H groups in total. The molecule has 0 aliphatic rings. The third-order valence-corrected chi connectivity index (χ3v) is 3.74. The van der Waals surface area contributed by atoms with Gasteiger partial charge in [-0.15, -0.1) is 0 Å². The molecule has 20 heavy (non-hydrogen) atoms. The Morgan fingerprint density at radius 2 is 1.75 bits per heavy atom. The van der Waals surface area contributed by atoms with E-state index < -0.39 is 11.6 Å². The zero-order chi connectivity index (χ0) is 14.4. The van der Waals surface area contributed by atoms with Crippen molar-refractivity contribution in [3.8, 4) is 5.69 Å². The van der Waals surface area contributed by atoms with Crippen LogP contribution >= 0.6 is 0 Å². The van der Waals surface area contributed by atoms with Crippen molar-refractivity contribution in [1.29, 1.82) is 0 Å². The maximum absolute atomic E-state index is 14.2. The van der Waals surface area contributed by atoms with E-state index in [1.54, 1.807) is 11.6 Å². The number of aryl methyl sites for hydroxylation is 2. The molecule has 0 atom stereocenters. The van der Waals surface area contributed by atoms with Crippen LogP contribution in [0.5, 0.6) is 0 Å². The second-order valence-corrected chi connectivity index (χ2v) is 4.99. The van der Waals surface area contributed by atoms with Gasteiger partial charge in [-0.2, -0.15) is 9.07 Å². The molecule has 0 saturated carbocycles. The van der Waals surface area contributed by atoms with Crippen LogP contribution in [-0.4, -0.2) is 4.68 Å². The molecule has 0 fully saturated rings. The van der Waals surface area contributed by atoms with Crippen LogP contribution in [0.4, 0.5) is 8.78 Å². The van der Waals surface area contributed by atoms with Crippen molar-refractivity contribution in [2.75, 3.05) is 0 Å². The molecule has 2 nitrogen and oxygen atoms in total. The number of aromatic nitrogens is 2. The summed E-state index contributed by atoms with van der Waals surface area (Å²) in [5.74, 6) is -1.11. The summed E-state index contributed by atoms with van der Waals surface area (Å²) in [5.41, 5.74) is 2.89. The highest BCUT2D eigenvalue weighted by atomic mass is 19.1. The average molecular weight is 273 g/mol. The minimum Gasteiger partial charge on any atom is -0.207 e. The van der Waals surface area contributed by atoms with E-state index in [4.69, 9.17) is 0 Å². The average Bonchev–Trinajstić information content (AvgIpc) is 2.64. The second kappa shape index (κ2) is 4.40. The first kappa shape index (κ1) is 12.8. The van der Waals surface area contributed by atoms with Gasteiger partial charge >= 0.3 is 0 Å². The molecule has 0 saturated heterocycles. The Labute approximate surface area is 115 Å². The van der Waals surface area contributed by atoms with Gasteiger partial charge in [0.25, 0.3) is 5.69 Å². The van der Waals surface area contributed by atoms with Gasteiger partial charge in [-0.3, -0.25) is 0 Å². The first-order valence-corrected chi connectivity index (χ1v) is 6.43. The number of fused-ring (bicyclic) bond motifs is 1. The number of benzene rings is 2. The highest BCUT2D eigenvalue weighted by Gasteiger charge is 2.26. The van der Waals surface area contributed by atoms with Crippen LogP contribution in [0, 0.1) is 25.5 Å². The number of para-hydroxylation sites is 1. The third-order valence-electron chi connectivity index (χ3n) is 3.74. The Kier molecular flexibility index (Phi) is 2.82. The zero-order valence-electron chi connectivity index (χ0n) is 11.6. The van der Waals surface area contributed by atoms with Crippen molar-refractivity contribution in [1.82, 2.24) is 4.68 Å². The van der Waals surface area contributed by atoms with Crippen LogP contribution in [0.25, 0.3) is 16.6 Å². The molecule has 3 aromatic rings. The first-order chi connectivity index (χ1) is 9.50. The number of nitrogens with zero attached hydrogens (tertiary/aromatic N) is 2. The quantitative estimate of drug-likeness (QED) is 0.601. The van der Waals surface area contributed by atoms with Crippen molar-refractivity contribution < 1.29 is 13.5 Å². The van der Waals surface area contributed by atoms with Gasteiger partial charge in [0.05, 0.1) is 18.1 Å². The molecule has 0 aliphatic heterocycles. The third kappa shape index (κ3) is 1.72. The number of halogens is 2. The lowest BCUT2D eigenvalue weighted by Gasteiger charge is -2.03. The standard InChI is InChI=1S/C16H15F2N2/c1-10-8-12(17)9-14(18)16(10)20-15-7-5-4-6-13(15)11(2)19(20)3/h4-9H,1-3H3/q+1. The van der Waals surface area contributed by atoms with Crippen molar-refractivity contribution >= 4 is 10.9 Å². The van der Waals surface area contributed by atoms with Gasteiger partial charge in [0.1, 0.15) is 5.82 Å². The summed E-state index contributed by atoms with van der Waals surface area (Å²) in [5, 5.41) is 1.05. The topological polar surface area (TPSA) is 8.81 Å². The summed E-state index contributed by atoms with van der Waals surface area (Å²) in [4.78, 5) is 0. The van der Waals surface area contributed by atoms with E-state index in [2.05, 4.69) is 0 Å². The number of rotatable bonds is 1. The highest BCUT2D eigenvalue weighted by molar-refractivity contribution is 5.78. The molecule has 0 bridgehead atoms. The summed E-state index contributed by atoms with van der Waals surface area (Å²) in [6.45, 7) is 3.70. The zero-order valence-corrected chi connectivity index (χ0v) is 11.6. The molecular formula is C16H15F2N2+. The van der Waals surface area contributed by atoms with E-state index in [1.165, 1.54) is 6.07 Å². The predicted octanol–water partition coefficient (Wildman–Crippen LogP) is 3.35. The monoisotopic (exact) mass is 273 g/mol. The maximum Gasteiger partial charge on any atom is 0.274 e. The van der Waals surface area contributed by atoms with Crippen molar-refractivity contribution in [3.05, 3.63) is 59.3 Å². The Balaban J connectivity index is 2.45. The van der Waals surface area contributed by atoms with Crippen LogP contribution in [-0.2, 0) is 7.05 Å². The smallest absolute Gasteiger partial charge is 0.207 e. The molecule has 4 heteroatoms. The molecule has 0 aliphatic carbocycles. The van der Waals surface area contributed by atoms with Crippen LogP contribution in [0.2, 0.25) is 0 Å².